The number of methoxy groups -OCH3 is 1. The van der Waals surface area contributed by atoms with Crippen LogP contribution in [-0.4, -0.2) is 54.6 Å². The molecule has 1 N–H and O–H groups in total. The Bertz CT molecular complexity index is 757. The normalized spacial score (nSPS) is 14.4. The number of aromatic nitrogens is 2. The van der Waals surface area contributed by atoms with Gasteiger partial charge < -0.3 is 19.9 Å². The minimum absolute atomic E-state index is 0.539. The van der Waals surface area contributed by atoms with Crippen molar-refractivity contribution >= 4 is 23.9 Å². The van der Waals surface area contributed by atoms with E-state index in [4.69, 9.17) is 4.74 Å². The molecule has 25 heavy (non-hydrogen) atoms. The smallest absolute Gasteiger partial charge is 0.229 e. The van der Waals surface area contributed by atoms with E-state index in [1.54, 1.807) is 12.0 Å². The molecule has 2 heterocycles. The lowest BCUT2D eigenvalue weighted by Gasteiger charge is -2.33. The molecule has 1 aromatic carbocycles. The fraction of sp³-hybridized carbons (Fsp3) is 0.389. The minimum Gasteiger partial charge on any atom is -0.495 e. The van der Waals surface area contributed by atoms with Crippen LogP contribution in [0.15, 0.2) is 24.3 Å². The Morgan fingerprint density at radius 1 is 1.12 bits per heavy atom. The van der Waals surface area contributed by atoms with Crippen molar-refractivity contribution in [2.45, 2.75) is 13.8 Å². The van der Waals surface area contributed by atoms with Gasteiger partial charge in [-0.25, -0.2) is 4.98 Å². The van der Waals surface area contributed by atoms with E-state index in [2.05, 4.69) is 20.2 Å². The molecule has 1 fully saturated rings. The third kappa shape index (κ3) is 3.99. The van der Waals surface area contributed by atoms with Crippen molar-refractivity contribution in [1.82, 2.24) is 14.9 Å². The SMILES string of the molecule is COc1ccc(C)cc1Nc1nc(C)cc(N2CCN(C=O)CC2)n1. The molecule has 0 bridgehead atoms. The molecule has 7 nitrogen and oxygen atoms in total. The van der Waals surface area contributed by atoms with E-state index in [9.17, 15) is 4.79 Å². The third-order valence-electron chi connectivity index (χ3n) is 4.23. The standard InChI is InChI=1S/C18H23N5O2/c1-13-4-5-16(25-3)15(10-13)20-18-19-14(2)11-17(21-18)23-8-6-22(12-24)7-9-23/h4-5,10-12H,6-9H2,1-3H3,(H,19,20,21). The highest BCUT2D eigenvalue weighted by Gasteiger charge is 2.18. The molecule has 7 heteroatoms. The highest BCUT2D eigenvalue weighted by Crippen LogP contribution is 2.28. The predicted octanol–water partition coefficient (Wildman–Crippen LogP) is 2.12. The molecule has 0 saturated carbocycles. The number of rotatable bonds is 5. The van der Waals surface area contributed by atoms with Crippen molar-refractivity contribution in [3.05, 3.63) is 35.5 Å². The van der Waals surface area contributed by atoms with Gasteiger partial charge in [0.05, 0.1) is 12.8 Å². The van der Waals surface area contributed by atoms with Gasteiger partial charge in [-0.2, -0.15) is 4.98 Å². The Kier molecular flexibility index (Phi) is 5.02. The van der Waals surface area contributed by atoms with Gasteiger partial charge in [0.15, 0.2) is 0 Å². The number of aryl methyl sites for hydroxylation is 2. The Labute approximate surface area is 147 Å². The average molecular weight is 341 g/mol. The van der Waals surface area contributed by atoms with Gasteiger partial charge >= 0.3 is 0 Å². The molecular weight excluding hydrogens is 318 g/mol. The topological polar surface area (TPSA) is 70.6 Å². The maximum atomic E-state index is 10.9. The number of carbonyl (C=O) groups is 1. The van der Waals surface area contributed by atoms with Crippen molar-refractivity contribution < 1.29 is 9.53 Å². The molecule has 1 saturated heterocycles. The largest absolute Gasteiger partial charge is 0.495 e. The maximum Gasteiger partial charge on any atom is 0.229 e. The first-order chi connectivity index (χ1) is 12.1. The molecule has 1 aromatic heterocycles. The number of carbonyl (C=O) groups excluding carboxylic acids is 1. The van der Waals surface area contributed by atoms with E-state index in [0.29, 0.717) is 19.0 Å². The lowest BCUT2D eigenvalue weighted by atomic mass is 10.2. The molecule has 0 aliphatic carbocycles. The average Bonchev–Trinajstić information content (AvgIpc) is 2.61. The molecule has 0 spiro atoms. The number of benzene rings is 1. The molecular formula is C18H23N5O2. The first kappa shape index (κ1) is 17.0. The molecule has 1 aliphatic heterocycles. The zero-order valence-electron chi connectivity index (χ0n) is 14.8. The summed E-state index contributed by atoms with van der Waals surface area (Å²) < 4.78 is 5.41. The van der Waals surface area contributed by atoms with E-state index in [1.807, 2.05) is 38.1 Å². The van der Waals surface area contributed by atoms with Crippen LogP contribution < -0.4 is 15.0 Å². The summed E-state index contributed by atoms with van der Waals surface area (Å²) in [5, 5.41) is 3.26. The molecule has 132 valence electrons. The summed E-state index contributed by atoms with van der Waals surface area (Å²) in [6.45, 7) is 6.93. The molecule has 2 aromatic rings. The second-order valence-electron chi connectivity index (χ2n) is 6.15. The highest BCUT2D eigenvalue weighted by molar-refractivity contribution is 5.64. The van der Waals surface area contributed by atoms with Crippen LogP contribution in [0.5, 0.6) is 5.75 Å². The summed E-state index contributed by atoms with van der Waals surface area (Å²) in [6.07, 6.45) is 0.902. The quantitative estimate of drug-likeness (QED) is 0.840. The van der Waals surface area contributed by atoms with Crippen LogP contribution in [0.3, 0.4) is 0 Å². The van der Waals surface area contributed by atoms with Crippen molar-refractivity contribution in [2.75, 3.05) is 43.5 Å². The Hall–Kier alpha value is -2.83. The van der Waals surface area contributed by atoms with E-state index in [1.165, 1.54) is 0 Å². The van der Waals surface area contributed by atoms with Crippen LogP contribution in [0, 0.1) is 13.8 Å². The lowest BCUT2D eigenvalue weighted by Crippen LogP contribution is -2.46. The van der Waals surface area contributed by atoms with E-state index < -0.39 is 0 Å². The predicted molar refractivity (Wildman–Crippen MR) is 97.6 cm³/mol. The van der Waals surface area contributed by atoms with Crippen LogP contribution in [0.1, 0.15) is 11.3 Å². The van der Waals surface area contributed by atoms with Crippen molar-refractivity contribution in [3.63, 3.8) is 0 Å². The van der Waals surface area contributed by atoms with Gasteiger partial charge in [0.2, 0.25) is 12.4 Å². The molecule has 0 atom stereocenters. The van der Waals surface area contributed by atoms with Crippen molar-refractivity contribution in [1.29, 1.82) is 0 Å². The number of ether oxygens (including phenoxy) is 1. The summed E-state index contributed by atoms with van der Waals surface area (Å²) in [6, 6.07) is 7.90. The van der Waals surface area contributed by atoms with Gasteiger partial charge in [-0.05, 0) is 31.5 Å². The summed E-state index contributed by atoms with van der Waals surface area (Å²) in [5.74, 6) is 2.15. The summed E-state index contributed by atoms with van der Waals surface area (Å²) in [7, 11) is 1.64. The van der Waals surface area contributed by atoms with E-state index >= 15 is 0 Å². The number of nitrogens with zero attached hydrogens (tertiary/aromatic N) is 4. The summed E-state index contributed by atoms with van der Waals surface area (Å²) in [4.78, 5) is 24.0. The van der Waals surface area contributed by atoms with Gasteiger partial charge in [-0.3, -0.25) is 4.79 Å². The lowest BCUT2D eigenvalue weighted by molar-refractivity contribution is -0.118. The van der Waals surface area contributed by atoms with Crippen molar-refractivity contribution in [3.8, 4) is 5.75 Å². The van der Waals surface area contributed by atoms with Crippen LogP contribution >= 0.6 is 0 Å². The highest BCUT2D eigenvalue weighted by atomic mass is 16.5. The first-order valence-electron chi connectivity index (χ1n) is 8.30. The summed E-state index contributed by atoms with van der Waals surface area (Å²) in [5.41, 5.74) is 2.85. The molecule has 1 aliphatic rings. The Morgan fingerprint density at radius 3 is 2.56 bits per heavy atom. The Morgan fingerprint density at radius 2 is 1.88 bits per heavy atom. The number of amides is 1. The summed E-state index contributed by atoms with van der Waals surface area (Å²) >= 11 is 0. The zero-order chi connectivity index (χ0) is 17.8. The fourth-order valence-electron chi connectivity index (χ4n) is 2.87. The number of piperazine rings is 1. The second kappa shape index (κ2) is 7.38. The number of hydrogen-bond donors (Lipinski definition) is 1. The van der Waals surface area contributed by atoms with Crippen LogP contribution in [0.4, 0.5) is 17.5 Å². The van der Waals surface area contributed by atoms with Gasteiger partial charge in [-0.1, -0.05) is 6.07 Å². The van der Waals surface area contributed by atoms with Crippen LogP contribution in [-0.2, 0) is 4.79 Å². The maximum absolute atomic E-state index is 10.9. The van der Waals surface area contributed by atoms with Crippen molar-refractivity contribution in [2.24, 2.45) is 0 Å². The number of hydrogen-bond acceptors (Lipinski definition) is 6. The van der Waals surface area contributed by atoms with Gasteiger partial charge in [-0.15, -0.1) is 0 Å². The fourth-order valence-corrected chi connectivity index (χ4v) is 2.87. The monoisotopic (exact) mass is 341 g/mol. The first-order valence-corrected chi connectivity index (χ1v) is 8.30. The zero-order valence-corrected chi connectivity index (χ0v) is 14.8. The van der Waals surface area contributed by atoms with Crippen LogP contribution in [0.2, 0.25) is 0 Å². The van der Waals surface area contributed by atoms with E-state index in [0.717, 1.165) is 48.0 Å². The number of anilines is 3. The van der Waals surface area contributed by atoms with Gasteiger partial charge in [0.1, 0.15) is 11.6 Å². The van der Waals surface area contributed by atoms with Crippen LogP contribution in [0.25, 0.3) is 0 Å². The van der Waals surface area contributed by atoms with Gasteiger partial charge in [0.25, 0.3) is 0 Å². The third-order valence-corrected chi connectivity index (χ3v) is 4.23. The molecule has 3 rings (SSSR count). The molecule has 0 radical (unpaired) electrons. The molecule has 0 unspecified atom stereocenters. The molecule has 1 amide bonds. The minimum atomic E-state index is 0.539. The van der Waals surface area contributed by atoms with Gasteiger partial charge in [0, 0.05) is 37.9 Å². The Balaban J connectivity index is 1.83. The number of nitrogens with one attached hydrogen (secondary N) is 1. The van der Waals surface area contributed by atoms with E-state index in [-0.39, 0.29) is 0 Å². The second-order valence-corrected chi connectivity index (χ2v) is 6.15.